The number of fused-ring (bicyclic) bond motifs is 1. The van der Waals surface area contributed by atoms with Gasteiger partial charge in [0, 0.05) is 17.3 Å². The van der Waals surface area contributed by atoms with Crippen LogP contribution in [0.1, 0.15) is 12.8 Å². The smallest absolute Gasteiger partial charge is 0.188 e. The molecule has 5 heteroatoms. The lowest BCUT2D eigenvalue weighted by Gasteiger charge is -2.06. The topological polar surface area (TPSA) is 34.1 Å². The molecule has 18 heavy (non-hydrogen) atoms. The van der Waals surface area contributed by atoms with Crippen LogP contribution >= 0.6 is 27.3 Å². The van der Waals surface area contributed by atoms with Crippen LogP contribution in [0.5, 0.6) is 0 Å². The molecule has 1 N–H and O–H groups in total. The second-order valence-corrected chi connectivity index (χ2v) is 6.22. The standard InChI is InChI=1S/C13H13BrN2OS/c1-17-7-11(8-2-3-8)16-13-15-10-5-4-9(14)6-12(10)18-13/h4-6H,2-3,7H2,1H3,(H,15,16). The molecule has 0 bridgehead atoms. The van der Waals surface area contributed by atoms with E-state index in [2.05, 4.69) is 32.3 Å². The molecule has 2 aromatic rings. The highest BCUT2D eigenvalue weighted by Crippen LogP contribution is 2.34. The van der Waals surface area contributed by atoms with E-state index in [1.54, 1.807) is 18.4 Å². The molecule has 1 aromatic heterocycles. The highest BCUT2D eigenvalue weighted by Gasteiger charge is 2.18. The second-order valence-electron chi connectivity index (χ2n) is 4.27. The maximum absolute atomic E-state index is 5.22. The first kappa shape index (κ1) is 12.1. The van der Waals surface area contributed by atoms with Crippen molar-refractivity contribution in [2.75, 3.05) is 19.0 Å². The Morgan fingerprint density at radius 3 is 3.06 bits per heavy atom. The summed E-state index contributed by atoms with van der Waals surface area (Å²) < 4.78 is 7.49. The third kappa shape index (κ3) is 2.58. The van der Waals surface area contributed by atoms with Crippen molar-refractivity contribution < 1.29 is 4.74 Å². The molecule has 0 amide bonds. The van der Waals surface area contributed by atoms with Gasteiger partial charge in [-0.2, -0.15) is 0 Å². The third-order valence-electron chi connectivity index (χ3n) is 2.82. The van der Waals surface area contributed by atoms with Crippen LogP contribution in [-0.4, -0.2) is 18.7 Å². The molecule has 1 aliphatic carbocycles. The van der Waals surface area contributed by atoms with Gasteiger partial charge in [-0.1, -0.05) is 27.3 Å². The lowest BCUT2D eigenvalue weighted by Crippen LogP contribution is -2.05. The van der Waals surface area contributed by atoms with Gasteiger partial charge in [0.15, 0.2) is 5.13 Å². The highest BCUT2D eigenvalue weighted by molar-refractivity contribution is 9.10. The first-order valence-corrected chi connectivity index (χ1v) is 7.40. The van der Waals surface area contributed by atoms with Crippen molar-refractivity contribution in [1.82, 2.24) is 4.98 Å². The van der Waals surface area contributed by atoms with E-state index in [1.165, 1.54) is 28.8 Å². The average molecular weight is 325 g/mol. The van der Waals surface area contributed by atoms with Crippen molar-refractivity contribution in [3.8, 4) is 0 Å². The lowest BCUT2D eigenvalue weighted by molar-refractivity contribution is 0.226. The summed E-state index contributed by atoms with van der Waals surface area (Å²) in [7, 11) is 1.72. The van der Waals surface area contributed by atoms with Crippen molar-refractivity contribution >= 4 is 42.6 Å². The van der Waals surface area contributed by atoms with Crippen LogP contribution < -0.4 is 5.32 Å². The minimum absolute atomic E-state index is 0.634. The van der Waals surface area contributed by atoms with Gasteiger partial charge >= 0.3 is 0 Å². The molecule has 0 saturated heterocycles. The summed E-state index contributed by atoms with van der Waals surface area (Å²) in [4.78, 5) is 4.58. The number of benzene rings is 1. The van der Waals surface area contributed by atoms with E-state index in [-0.39, 0.29) is 0 Å². The Kier molecular flexibility index (Phi) is 3.37. The van der Waals surface area contributed by atoms with Crippen LogP contribution in [0, 0.1) is 0 Å². The van der Waals surface area contributed by atoms with Gasteiger partial charge in [0.2, 0.25) is 0 Å². The van der Waals surface area contributed by atoms with Crippen molar-refractivity contribution in [2.45, 2.75) is 12.8 Å². The summed E-state index contributed by atoms with van der Waals surface area (Å²) in [6, 6.07) is 6.14. The lowest BCUT2D eigenvalue weighted by atomic mass is 10.3. The quantitative estimate of drug-likeness (QED) is 0.916. The Hall–Kier alpha value is -0.910. The van der Waals surface area contributed by atoms with Crippen LogP contribution in [0.25, 0.3) is 10.2 Å². The number of aromatic nitrogens is 1. The number of halogens is 1. The van der Waals surface area contributed by atoms with Crippen molar-refractivity contribution in [3.63, 3.8) is 0 Å². The normalized spacial score (nSPS) is 14.0. The summed E-state index contributed by atoms with van der Waals surface area (Å²) in [5, 5.41) is 4.34. The molecule has 1 heterocycles. The van der Waals surface area contributed by atoms with Gasteiger partial charge in [0.1, 0.15) is 0 Å². The maximum Gasteiger partial charge on any atom is 0.188 e. The Bertz CT molecular complexity index is 614. The predicted molar refractivity (Wildman–Crippen MR) is 79.1 cm³/mol. The average Bonchev–Trinajstić information content (AvgIpc) is 3.10. The molecular weight excluding hydrogens is 312 g/mol. The number of hydrogen-bond acceptors (Lipinski definition) is 4. The van der Waals surface area contributed by atoms with Gasteiger partial charge in [0.25, 0.3) is 0 Å². The maximum atomic E-state index is 5.22. The molecule has 0 radical (unpaired) electrons. The number of hydrogen-bond donors (Lipinski definition) is 1. The number of methoxy groups -OCH3 is 1. The van der Waals surface area contributed by atoms with E-state index in [4.69, 9.17) is 4.74 Å². The van der Waals surface area contributed by atoms with E-state index in [0.29, 0.717) is 6.61 Å². The zero-order chi connectivity index (χ0) is 12.5. The molecule has 3 nitrogen and oxygen atoms in total. The summed E-state index contributed by atoms with van der Waals surface area (Å²) in [6.45, 7) is 0.634. The van der Waals surface area contributed by atoms with E-state index < -0.39 is 0 Å². The largest absolute Gasteiger partial charge is 0.378 e. The highest BCUT2D eigenvalue weighted by atomic mass is 79.9. The first-order chi connectivity index (χ1) is 8.76. The minimum atomic E-state index is 0.634. The Morgan fingerprint density at radius 1 is 1.50 bits per heavy atom. The van der Waals surface area contributed by atoms with Gasteiger partial charge in [-0.25, -0.2) is 4.98 Å². The van der Waals surface area contributed by atoms with Gasteiger partial charge in [-0.15, -0.1) is 0 Å². The van der Waals surface area contributed by atoms with Crippen LogP contribution in [0.2, 0.25) is 0 Å². The molecule has 1 fully saturated rings. The van der Waals surface area contributed by atoms with Gasteiger partial charge in [-0.05, 0) is 36.6 Å². The van der Waals surface area contributed by atoms with Gasteiger partial charge in [-0.3, -0.25) is 0 Å². The van der Waals surface area contributed by atoms with Crippen LogP contribution in [0.15, 0.2) is 33.9 Å². The van der Waals surface area contributed by atoms with Crippen LogP contribution in [-0.2, 0) is 4.74 Å². The number of rotatable bonds is 4. The summed E-state index contributed by atoms with van der Waals surface area (Å²) in [6.07, 6.45) is 2.37. The predicted octanol–water partition coefficient (Wildman–Crippen LogP) is 4.17. The Balaban J connectivity index is 1.88. The number of nitrogens with one attached hydrogen (secondary N) is 1. The number of anilines is 1. The van der Waals surface area contributed by atoms with Crippen molar-refractivity contribution in [2.24, 2.45) is 0 Å². The molecule has 3 rings (SSSR count). The summed E-state index contributed by atoms with van der Waals surface area (Å²) >= 11 is 5.15. The van der Waals surface area contributed by atoms with E-state index in [1.807, 2.05) is 12.1 Å². The Morgan fingerprint density at radius 2 is 2.33 bits per heavy atom. The van der Waals surface area contributed by atoms with Crippen molar-refractivity contribution in [1.29, 1.82) is 0 Å². The molecule has 1 aliphatic rings. The molecule has 0 atom stereocenters. The molecule has 0 unspecified atom stereocenters. The fourth-order valence-electron chi connectivity index (χ4n) is 1.82. The molecule has 0 aliphatic heterocycles. The Labute approximate surface area is 118 Å². The fraction of sp³-hybridized carbons (Fsp3) is 0.308. The molecule has 94 valence electrons. The third-order valence-corrected chi connectivity index (χ3v) is 4.25. The molecule has 1 saturated carbocycles. The van der Waals surface area contributed by atoms with Crippen molar-refractivity contribution in [3.05, 3.63) is 33.9 Å². The zero-order valence-corrected chi connectivity index (χ0v) is 12.4. The number of allylic oxidation sites excluding steroid dienone is 1. The number of thiazole rings is 1. The summed E-state index contributed by atoms with van der Waals surface area (Å²) in [5.41, 5.74) is 3.66. The fourth-order valence-corrected chi connectivity index (χ4v) is 3.26. The number of nitrogens with zero attached hydrogens (tertiary/aromatic N) is 1. The van der Waals surface area contributed by atoms with E-state index >= 15 is 0 Å². The SMILES string of the molecule is COCC(Nc1nc2ccc(Br)cc2s1)=C1CC1. The van der Waals surface area contributed by atoms with E-state index in [0.717, 1.165) is 15.1 Å². The van der Waals surface area contributed by atoms with Gasteiger partial charge < -0.3 is 10.1 Å². The van der Waals surface area contributed by atoms with Crippen LogP contribution in [0.4, 0.5) is 5.13 Å². The van der Waals surface area contributed by atoms with E-state index in [9.17, 15) is 0 Å². The minimum Gasteiger partial charge on any atom is -0.378 e. The molecular formula is C13H13BrN2OS. The van der Waals surface area contributed by atoms with Crippen LogP contribution in [0.3, 0.4) is 0 Å². The number of ether oxygens (including phenoxy) is 1. The second kappa shape index (κ2) is 4.99. The van der Waals surface area contributed by atoms with Gasteiger partial charge in [0.05, 0.1) is 16.8 Å². The molecule has 1 aromatic carbocycles. The first-order valence-electron chi connectivity index (χ1n) is 5.79. The monoisotopic (exact) mass is 324 g/mol. The molecule has 0 spiro atoms. The summed E-state index contributed by atoms with van der Waals surface area (Å²) in [5.74, 6) is 0. The zero-order valence-electron chi connectivity index (χ0n) is 10.00.